The standard InChI is InChI=1S/C7H17N5O2/c8-4-2-1-3-5(6(13)14)11-7(9)12-10/h5H,1-4,8,10H2,(H,13,14)(H3,9,11,12). The van der Waals surface area contributed by atoms with Gasteiger partial charge in [0.25, 0.3) is 0 Å². The fourth-order valence-corrected chi connectivity index (χ4v) is 0.930. The van der Waals surface area contributed by atoms with Crippen LogP contribution in [0.25, 0.3) is 0 Å². The predicted molar refractivity (Wildman–Crippen MR) is 53.3 cm³/mol. The Bertz CT molecular complexity index is 206. The van der Waals surface area contributed by atoms with Crippen molar-refractivity contribution >= 4 is 11.9 Å². The van der Waals surface area contributed by atoms with Crippen molar-refractivity contribution in [3.63, 3.8) is 0 Å². The maximum atomic E-state index is 10.7. The van der Waals surface area contributed by atoms with Crippen molar-refractivity contribution in [2.24, 2.45) is 22.3 Å². The van der Waals surface area contributed by atoms with Crippen LogP contribution in [0, 0.1) is 0 Å². The molecule has 0 spiro atoms. The molecular weight excluding hydrogens is 186 g/mol. The van der Waals surface area contributed by atoms with Crippen molar-refractivity contribution in [2.75, 3.05) is 6.54 Å². The van der Waals surface area contributed by atoms with E-state index >= 15 is 0 Å². The van der Waals surface area contributed by atoms with Crippen LogP contribution in [-0.2, 0) is 4.79 Å². The summed E-state index contributed by atoms with van der Waals surface area (Å²) in [5.74, 6) is 3.86. The lowest BCUT2D eigenvalue weighted by Gasteiger charge is -2.08. The normalized spacial score (nSPS) is 13.7. The number of hydrogen-bond acceptors (Lipinski definition) is 4. The van der Waals surface area contributed by atoms with Gasteiger partial charge in [-0.15, -0.1) is 0 Å². The van der Waals surface area contributed by atoms with E-state index in [2.05, 4.69) is 10.4 Å². The van der Waals surface area contributed by atoms with Gasteiger partial charge in [0.1, 0.15) is 0 Å². The molecule has 0 bridgehead atoms. The number of rotatable bonds is 6. The maximum absolute atomic E-state index is 10.7. The Hall–Kier alpha value is -1.34. The first-order chi connectivity index (χ1) is 6.61. The predicted octanol–water partition coefficient (Wildman–Crippen LogP) is -1.65. The fourth-order valence-electron chi connectivity index (χ4n) is 0.930. The monoisotopic (exact) mass is 203 g/mol. The van der Waals surface area contributed by atoms with Gasteiger partial charge in [0.05, 0.1) is 0 Å². The second-order valence-electron chi connectivity index (χ2n) is 2.80. The SMILES string of the molecule is NCCCCC(N=C(N)NN)C(=O)O. The molecule has 0 aliphatic rings. The van der Waals surface area contributed by atoms with Gasteiger partial charge in [0.2, 0.25) is 5.96 Å². The van der Waals surface area contributed by atoms with Gasteiger partial charge in [-0.2, -0.15) is 0 Å². The topological polar surface area (TPSA) is 140 Å². The molecule has 7 heteroatoms. The molecule has 0 aromatic rings. The molecular formula is C7H17N5O2. The Labute approximate surface area is 82.3 Å². The van der Waals surface area contributed by atoms with Crippen molar-refractivity contribution in [3.8, 4) is 0 Å². The first-order valence-corrected chi connectivity index (χ1v) is 4.34. The van der Waals surface area contributed by atoms with E-state index in [0.29, 0.717) is 19.4 Å². The number of aliphatic imine (C=N–C) groups is 1. The van der Waals surface area contributed by atoms with E-state index in [4.69, 9.17) is 22.4 Å². The third kappa shape index (κ3) is 5.33. The fraction of sp³-hybridized carbons (Fsp3) is 0.714. The Morgan fingerprint density at radius 3 is 2.57 bits per heavy atom. The minimum absolute atomic E-state index is 0.0786. The van der Waals surface area contributed by atoms with E-state index in [0.717, 1.165) is 6.42 Å². The average molecular weight is 203 g/mol. The van der Waals surface area contributed by atoms with E-state index in [9.17, 15) is 4.79 Å². The summed E-state index contributed by atoms with van der Waals surface area (Å²) in [6.07, 6.45) is 1.89. The zero-order valence-electron chi connectivity index (χ0n) is 7.94. The zero-order valence-corrected chi connectivity index (χ0v) is 7.94. The molecule has 8 N–H and O–H groups in total. The Morgan fingerprint density at radius 1 is 1.50 bits per heavy atom. The molecule has 0 rings (SSSR count). The third-order valence-electron chi connectivity index (χ3n) is 1.66. The van der Waals surface area contributed by atoms with Crippen LogP contribution in [0.1, 0.15) is 19.3 Å². The molecule has 1 unspecified atom stereocenters. The van der Waals surface area contributed by atoms with E-state index < -0.39 is 12.0 Å². The molecule has 82 valence electrons. The highest BCUT2D eigenvalue weighted by atomic mass is 16.4. The molecule has 0 aromatic carbocycles. The van der Waals surface area contributed by atoms with Crippen molar-refractivity contribution in [3.05, 3.63) is 0 Å². The summed E-state index contributed by atoms with van der Waals surface area (Å²) in [6.45, 7) is 0.542. The Kier molecular flexibility index (Phi) is 6.42. The number of guanidine groups is 1. The Morgan fingerprint density at radius 2 is 2.14 bits per heavy atom. The number of hydrogen-bond donors (Lipinski definition) is 5. The minimum Gasteiger partial charge on any atom is -0.480 e. The summed E-state index contributed by atoms with van der Waals surface area (Å²) in [6, 6.07) is -0.849. The van der Waals surface area contributed by atoms with Crippen LogP contribution < -0.4 is 22.7 Å². The Balaban J connectivity index is 4.09. The number of aliphatic carboxylic acids is 1. The van der Waals surface area contributed by atoms with Gasteiger partial charge < -0.3 is 16.6 Å². The number of unbranched alkanes of at least 4 members (excludes halogenated alkanes) is 1. The molecule has 0 fully saturated rings. The summed E-state index contributed by atoms with van der Waals surface area (Å²) >= 11 is 0. The number of nitrogens with two attached hydrogens (primary N) is 3. The zero-order chi connectivity index (χ0) is 11.0. The number of carbonyl (C=O) groups is 1. The van der Waals surface area contributed by atoms with Crippen LogP contribution in [-0.4, -0.2) is 29.6 Å². The number of hydrazine groups is 1. The lowest BCUT2D eigenvalue weighted by atomic mass is 10.1. The molecule has 0 saturated heterocycles. The molecule has 0 radical (unpaired) electrons. The van der Waals surface area contributed by atoms with Crippen LogP contribution in [0.4, 0.5) is 0 Å². The lowest BCUT2D eigenvalue weighted by Crippen LogP contribution is -2.39. The van der Waals surface area contributed by atoms with Gasteiger partial charge in [-0.25, -0.2) is 15.6 Å². The molecule has 7 nitrogen and oxygen atoms in total. The summed E-state index contributed by atoms with van der Waals surface area (Å²) < 4.78 is 0. The van der Waals surface area contributed by atoms with E-state index in [-0.39, 0.29) is 5.96 Å². The minimum atomic E-state index is -1.01. The molecule has 1 atom stereocenters. The molecule has 0 saturated carbocycles. The van der Waals surface area contributed by atoms with Gasteiger partial charge >= 0.3 is 5.97 Å². The summed E-state index contributed by atoms with van der Waals surface area (Å²) in [5.41, 5.74) is 12.6. The number of nitrogens with zero attached hydrogens (tertiary/aromatic N) is 1. The van der Waals surface area contributed by atoms with Crippen LogP contribution in [0.15, 0.2) is 4.99 Å². The average Bonchev–Trinajstić information content (AvgIpc) is 2.16. The molecule has 14 heavy (non-hydrogen) atoms. The van der Waals surface area contributed by atoms with Crippen molar-refractivity contribution in [1.29, 1.82) is 0 Å². The smallest absolute Gasteiger partial charge is 0.328 e. The highest BCUT2D eigenvalue weighted by molar-refractivity contribution is 5.82. The third-order valence-corrected chi connectivity index (χ3v) is 1.66. The van der Waals surface area contributed by atoms with E-state index in [1.54, 1.807) is 0 Å². The molecule has 0 amide bonds. The van der Waals surface area contributed by atoms with Crippen LogP contribution in [0.2, 0.25) is 0 Å². The van der Waals surface area contributed by atoms with Gasteiger partial charge in [-0.1, -0.05) is 0 Å². The second-order valence-corrected chi connectivity index (χ2v) is 2.80. The van der Waals surface area contributed by atoms with Crippen LogP contribution in [0.3, 0.4) is 0 Å². The second kappa shape index (κ2) is 7.10. The number of nitrogens with one attached hydrogen (secondary N) is 1. The summed E-state index contributed by atoms with van der Waals surface area (Å²) in [5, 5.41) is 8.75. The summed E-state index contributed by atoms with van der Waals surface area (Å²) in [7, 11) is 0. The molecule has 0 aliphatic heterocycles. The summed E-state index contributed by atoms with van der Waals surface area (Å²) in [4.78, 5) is 14.4. The number of carboxylic acids is 1. The van der Waals surface area contributed by atoms with E-state index in [1.165, 1.54) is 0 Å². The molecule has 0 aliphatic carbocycles. The van der Waals surface area contributed by atoms with Gasteiger partial charge in [0.15, 0.2) is 6.04 Å². The quantitative estimate of drug-likeness (QED) is 0.115. The van der Waals surface area contributed by atoms with Gasteiger partial charge in [0, 0.05) is 0 Å². The van der Waals surface area contributed by atoms with Gasteiger partial charge in [-0.05, 0) is 25.8 Å². The highest BCUT2D eigenvalue weighted by Gasteiger charge is 2.15. The first kappa shape index (κ1) is 12.7. The van der Waals surface area contributed by atoms with E-state index in [1.807, 2.05) is 0 Å². The lowest BCUT2D eigenvalue weighted by molar-refractivity contribution is -0.138. The highest BCUT2D eigenvalue weighted by Crippen LogP contribution is 2.04. The molecule has 0 aromatic heterocycles. The van der Waals surface area contributed by atoms with Gasteiger partial charge in [-0.3, -0.25) is 5.43 Å². The number of carboxylic acid groups (broad SMARTS) is 1. The van der Waals surface area contributed by atoms with Crippen molar-refractivity contribution in [2.45, 2.75) is 25.3 Å². The van der Waals surface area contributed by atoms with Crippen LogP contribution >= 0.6 is 0 Å². The van der Waals surface area contributed by atoms with Crippen molar-refractivity contribution in [1.82, 2.24) is 5.43 Å². The van der Waals surface area contributed by atoms with Crippen LogP contribution in [0.5, 0.6) is 0 Å². The maximum Gasteiger partial charge on any atom is 0.328 e. The largest absolute Gasteiger partial charge is 0.480 e. The molecule has 0 heterocycles. The first-order valence-electron chi connectivity index (χ1n) is 4.34. The van der Waals surface area contributed by atoms with Crippen molar-refractivity contribution < 1.29 is 9.90 Å².